The van der Waals surface area contributed by atoms with Crippen molar-refractivity contribution in [3.63, 3.8) is 0 Å². The molecule has 0 unspecified atom stereocenters. The second kappa shape index (κ2) is 16.3. The largest absolute Gasteiger partial charge is 0.398 e. The van der Waals surface area contributed by atoms with E-state index in [2.05, 4.69) is 19.6 Å². The lowest BCUT2D eigenvalue weighted by Crippen LogP contribution is -2.36. The highest BCUT2D eigenvalue weighted by Crippen LogP contribution is 2.41. The van der Waals surface area contributed by atoms with E-state index in [1.165, 1.54) is 68.0 Å². The van der Waals surface area contributed by atoms with E-state index >= 15 is 0 Å². The summed E-state index contributed by atoms with van der Waals surface area (Å²) in [5.74, 6) is 0. The second-order valence-electron chi connectivity index (χ2n) is 10.1. The highest BCUT2D eigenvalue weighted by atomic mass is 28.4. The van der Waals surface area contributed by atoms with Crippen LogP contribution in [0.25, 0.3) is 0 Å². The molecule has 0 heterocycles. The van der Waals surface area contributed by atoms with Crippen LogP contribution in [0.3, 0.4) is 0 Å². The van der Waals surface area contributed by atoms with Crippen LogP contribution in [0.5, 0.6) is 0 Å². The van der Waals surface area contributed by atoms with Gasteiger partial charge in [0.25, 0.3) is 0 Å². The molecular formula is C22H54O6Si4. The van der Waals surface area contributed by atoms with Gasteiger partial charge in [0.05, 0.1) is 0 Å². The molecule has 0 atom stereocenters. The van der Waals surface area contributed by atoms with Crippen molar-refractivity contribution in [3.8, 4) is 0 Å². The maximum atomic E-state index is 5.67. The molecule has 0 fully saturated rings. The van der Waals surface area contributed by atoms with E-state index in [-0.39, 0.29) is 0 Å². The van der Waals surface area contributed by atoms with Crippen molar-refractivity contribution in [1.82, 2.24) is 0 Å². The summed E-state index contributed by atoms with van der Waals surface area (Å²) in [7, 11) is 6.14. The highest BCUT2D eigenvalue weighted by molar-refractivity contribution is 6.66. The van der Waals surface area contributed by atoms with Crippen LogP contribution in [0.4, 0.5) is 0 Å². The van der Waals surface area contributed by atoms with Gasteiger partial charge in [0, 0.05) is 52.9 Å². The van der Waals surface area contributed by atoms with Gasteiger partial charge < -0.3 is 26.6 Å². The molecule has 0 aromatic carbocycles. The molecule has 0 N–H and O–H groups in total. The quantitative estimate of drug-likeness (QED) is 0.153. The lowest BCUT2D eigenvalue weighted by atomic mass is 9.89. The van der Waals surface area contributed by atoms with Gasteiger partial charge in [0.15, 0.2) is 0 Å². The topological polar surface area (TPSA) is 55.4 Å². The van der Waals surface area contributed by atoms with Gasteiger partial charge in [-0.15, -0.1) is 0 Å². The Morgan fingerprint density at radius 3 is 0.875 bits per heavy atom. The Balaban J connectivity index is 4.74. The van der Waals surface area contributed by atoms with Crippen molar-refractivity contribution < 1.29 is 26.6 Å². The third-order valence-corrected chi connectivity index (χ3v) is 18.0. The fourth-order valence-electron chi connectivity index (χ4n) is 4.23. The first kappa shape index (κ1) is 32.6. The van der Waals surface area contributed by atoms with Gasteiger partial charge >= 0.3 is 25.7 Å². The summed E-state index contributed by atoms with van der Waals surface area (Å²) in [6, 6.07) is 3.23. The van der Waals surface area contributed by atoms with Gasteiger partial charge in [-0.05, 0) is 42.8 Å². The van der Waals surface area contributed by atoms with Crippen molar-refractivity contribution in [2.24, 2.45) is 0 Å². The maximum absolute atomic E-state index is 5.67. The fourth-order valence-corrected chi connectivity index (χ4v) is 9.69. The van der Waals surface area contributed by atoms with E-state index in [0.717, 1.165) is 18.1 Å². The van der Waals surface area contributed by atoms with Crippen molar-refractivity contribution >= 4 is 35.9 Å². The fraction of sp³-hybridized carbons (Fsp3) is 1.00. The van der Waals surface area contributed by atoms with Gasteiger partial charge in [-0.1, -0.05) is 57.8 Å². The number of rotatable bonds is 21. The molecule has 6 nitrogen and oxygen atoms in total. The summed E-state index contributed by atoms with van der Waals surface area (Å²) in [5, 5.41) is 0.508. The summed E-state index contributed by atoms with van der Waals surface area (Å²) in [4.78, 5) is 0. The van der Waals surface area contributed by atoms with E-state index in [4.69, 9.17) is 26.6 Å². The zero-order valence-electron chi connectivity index (χ0n) is 22.9. The lowest BCUT2D eigenvalue weighted by molar-refractivity contribution is 0.246. The number of hydrogen-bond acceptors (Lipinski definition) is 6. The number of hydrogen-bond donors (Lipinski definition) is 0. The van der Waals surface area contributed by atoms with E-state index in [1.807, 2.05) is 0 Å². The Kier molecular flexibility index (Phi) is 16.6. The molecule has 0 saturated carbocycles. The van der Waals surface area contributed by atoms with Gasteiger partial charge in [0.2, 0.25) is 0 Å². The van der Waals surface area contributed by atoms with E-state index in [9.17, 15) is 0 Å². The van der Waals surface area contributed by atoms with Crippen LogP contribution >= 0.6 is 0 Å². The van der Waals surface area contributed by atoms with Crippen LogP contribution < -0.4 is 0 Å². The van der Waals surface area contributed by atoms with Crippen LogP contribution in [0, 0.1) is 0 Å². The van der Waals surface area contributed by atoms with Crippen molar-refractivity contribution in [2.45, 2.75) is 101 Å². The molecule has 32 heavy (non-hydrogen) atoms. The minimum Gasteiger partial charge on any atom is -0.398 e. The van der Waals surface area contributed by atoms with Crippen LogP contribution in [0.1, 0.15) is 57.8 Å². The molecule has 0 rings (SSSR count). The van der Waals surface area contributed by atoms with Crippen LogP contribution in [0.2, 0.25) is 42.8 Å². The zero-order valence-corrected chi connectivity index (χ0v) is 27.9. The van der Waals surface area contributed by atoms with E-state index < -0.39 is 25.7 Å². The molecule has 0 amide bonds. The third kappa shape index (κ3) is 12.9. The van der Waals surface area contributed by atoms with E-state index in [0.29, 0.717) is 5.04 Å². The molecule has 0 saturated heterocycles. The van der Waals surface area contributed by atoms with E-state index in [1.54, 1.807) is 42.7 Å². The Morgan fingerprint density at radius 2 is 0.688 bits per heavy atom. The predicted octanol–water partition coefficient (Wildman–Crippen LogP) is 5.12. The lowest BCUT2D eigenvalue weighted by Gasteiger charge is -2.32. The molecule has 0 aromatic heterocycles. The first-order valence-corrected chi connectivity index (χ1v) is 20.9. The average Bonchev–Trinajstić information content (AvgIpc) is 2.82. The molecule has 0 aliphatic rings. The smallest absolute Gasteiger partial charge is 0.334 e. The summed E-state index contributed by atoms with van der Waals surface area (Å²) < 4.78 is 34.0. The zero-order chi connectivity index (χ0) is 24.7. The Labute approximate surface area is 205 Å². The molecule has 0 aliphatic carbocycles. The van der Waals surface area contributed by atoms with Crippen molar-refractivity contribution in [1.29, 1.82) is 0 Å². The van der Waals surface area contributed by atoms with Gasteiger partial charge in [-0.25, -0.2) is 0 Å². The van der Waals surface area contributed by atoms with Crippen LogP contribution in [-0.2, 0) is 26.6 Å². The molecule has 194 valence electrons. The maximum Gasteiger partial charge on any atom is 0.334 e. The first-order chi connectivity index (χ1) is 15.0. The van der Waals surface area contributed by atoms with Gasteiger partial charge in [-0.3, -0.25) is 0 Å². The Morgan fingerprint density at radius 1 is 0.469 bits per heavy atom. The Bertz CT molecular complexity index is 407. The third-order valence-electron chi connectivity index (χ3n) is 7.57. The first-order valence-electron chi connectivity index (χ1n) is 12.3. The SMILES string of the molecule is CO[Si](C)(CCCCC([SiH3])(CCCC[Si](C)(OC)OC)CCCC[Si](C)(OC)OC)OC. The van der Waals surface area contributed by atoms with Gasteiger partial charge in [0.1, 0.15) is 0 Å². The van der Waals surface area contributed by atoms with Gasteiger partial charge in [-0.2, -0.15) is 0 Å². The number of unbranched alkanes of at least 4 members (excludes halogenated alkanes) is 3. The van der Waals surface area contributed by atoms with Crippen LogP contribution in [0.15, 0.2) is 0 Å². The molecular weight excluding hydrogens is 473 g/mol. The highest BCUT2D eigenvalue weighted by Gasteiger charge is 2.32. The van der Waals surface area contributed by atoms with Crippen molar-refractivity contribution in [2.75, 3.05) is 42.7 Å². The van der Waals surface area contributed by atoms with Crippen molar-refractivity contribution in [3.05, 3.63) is 0 Å². The molecule has 0 bridgehead atoms. The normalized spacial score (nSPS) is 13.8. The second-order valence-corrected chi connectivity index (χ2v) is 22.9. The van der Waals surface area contributed by atoms with Crippen LogP contribution in [-0.4, -0.2) is 78.6 Å². The Hall–Kier alpha value is 0.628. The molecule has 0 radical (unpaired) electrons. The monoisotopic (exact) mass is 526 g/mol. The molecule has 0 aromatic rings. The summed E-state index contributed by atoms with van der Waals surface area (Å²) in [5.41, 5.74) is 0. The molecule has 10 heteroatoms. The molecule has 0 aliphatic heterocycles. The summed E-state index contributed by atoms with van der Waals surface area (Å²) in [6.07, 6.45) is 11.4. The minimum absolute atomic E-state index is 0.508. The summed E-state index contributed by atoms with van der Waals surface area (Å²) >= 11 is 0. The molecule has 0 spiro atoms. The average molecular weight is 527 g/mol. The summed E-state index contributed by atoms with van der Waals surface area (Å²) in [6.45, 7) is 6.50. The standard InChI is InChI=1S/C22H54O6Si4/c1-23-30(7,24-2)19-13-10-16-22(29,17-11-14-20-31(8,25-3)26-4)18-12-15-21-32(9,27-5)28-6/h10-21H2,1-9,29H3. The predicted molar refractivity (Wildman–Crippen MR) is 146 cm³/mol. The minimum atomic E-state index is -1.95.